The minimum Gasteiger partial charge on any atom is -0.481 e. The van der Waals surface area contributed by atoms with Crippen molar-refractivity contribution in [2.75, 3.05) is 20.6 Å². The monoisotopic (exact) mass is 256 g/mol. The largest absolute Gasteiger partial charge is 0.481 e. The molecule has 0 aromatic carbocycles. The number of piperidine rings is 1. The molecule has 1 fully saturated rings. The molecule has 0 saturated carbocycles. The fraction of sp³-hybridized carbons (Fsp3) is 0.846. The fourth-order valence-corrected chi connectivity index (χ4v) is 2.58. The van der Waals surface area contributed by atoms with Crippen molar-refractivity contribution in [1.82, 2.24) is 9.80 Å². The number of aliphatic carboxylic acids is 1. The molecule has 0 aromatic rings. The van der Waals surface area contributed by atoms with Crippen LogP contribution in [0.4, 0.5) is 0 Å². The van der Waals surface area contributed by atoms with Crippen LogP contribution in [0, 0.1) is 11.8 Å². The van der Waals surface area contributed by atoms with Crippen molar-refractivity contribution in [2.45, 2.75) is 39.3 Å². The molecule has 1 aliphatic heterocycles. The van der Waals surface area contributed by atoms with Crippen LogP contribution in [0.15, 0.2) is 0 Å². The van der Waals surface area contributed by atoms with Crippen LogP contribution in [-0.2, 0) is 9.59 Å². The Hall–Kier alpha value is -1.10. The summed E-state index contributed by atoms with van der Waals surface area (Å²) < 4.78 is 0. The van der Waals surface area contributed by atoms with Gasteiger partial charge in [0.25, 0.3) is 0 Å². The number of rotatable bonds is 4. The van der Waals surface area contributed by atoms with E-state index in [-0.39, 0.29) is 23.9 Å². The lowest BCUT2D eigenvalue weighted by atomic mass is 9.81. The van der Waals surface area contributed by atoms with Crippen molar-refractivity contribution < 1.29 is 14.7 Å². The number of carboxylic acids is 1. The smallest absolute Gasteiger partial charge is 0.308 e. The molecule has 5 nitrogen and oxygen atoms in total. The molecule has 1 heterocycles. The third kappa shape index (κ3) is 3.02. The SMILES string of the molecule is CC1CC(=O)N(CC(C)N(C)C)C(C)C1C(=O)O. The average molecular weight is 256 g/mol. The van der Waals surface area contributed by atoms with E-state index < -0.39 is 11.9 Å². The van der Waals surface area contributed by atoms with Gasteiger partial charge in [-0.3, -0.25) is 9.59 Å². The summed E-state index contributed by atoms with van der Waals surface area (Å²) in [5.74, 6) is -1.28. The number of hydrogen-bond donors (Lipinski definition) is 1. The number of nitrogens with zero attached hydrogens (tertiary/aromatic N) is 2. The summed E-state index contributed by atoms with van der Waals surface area (Å²) in [5.41, 5.74) is 0. The minimum absolute atomic E-state index is 0.0706. The molecule has 5 heteroatoms. The Bertz CT molecular complexity index is 330. The maximum atomic E-state index is 12.1. The van der Waals surface area contributed by atoms with Gasteiger partial charge in [0, 0.05) is 25.0 Å². The first-order valence-corrected chi connectivity index (χ1v) is 6.44. The molecular weight excluding hydrogens is 232 g/mol. The normalized spacial score (nSPS) is 30.7. The second-order valence-electron chi connectivity index (χ2n) is 5.64. The van der Waals surface area contributed by atoms with Crippen LogP contribution in [0.5, 0.6) is 0 Å². The van der Waals surface area contributed by atoms with E-state index in [1.54, 1.807) is 4.90 Å². The lowest BCUT2D eigenvalue weighted by molar-refractivity contribution is -0.155. The number of amides is 1. The van der Waals surface area contributed by atoms with Gasteiger partial charge in [-0.2, -0.15) is 0 Å². The predicted octanol–water partition coefficient (Wildman–Crippen LogP) is 0.894. The molecule has 4 atom stereocenters. The van der Waals surface area contributed by atoms with Crippen LogP contribution in [0.3, 0.4) is 0 Å². The molecule has 18 heavy (non-hydrogen) atoms. The van der Waals surface area contributed by atoms with E-state index in [2.05, 4.69) is 0 Å². The number of carbonyl (C=O) groups is 2. The first-order chi connectivity index (χ1) is 8.25. The van der Waals surface area contributed by atoms with E-state index in [1.165, 1.54) is 0 Å². The highest BCUT2D eigenvalue weighted by atomic mass is 16.4. The molecule has 0 radical (unpaired) electrons. The van der Waals surface area contributed by atoms with Gasteiger partial charge >= 0.3 is 5.97 Å². The van der Waals surface area contributed by atoms with Crippen LogP contribution in [0.25, 0.3) is 0 Å². The molecule has 1 N–H and O–H groups in total. The van der Waals surface area contributed by atoms with Crippen LogP contribution in [0.1, 0.15) is 27.2 Å². The van der Waals surface area contributed by atoms with E-state index in [0.717, 1.165) is 0 Å². The molecule has 4 unspecified atom stereocenters. The lowest BCUT2D eigenvalue weighted by Crippen LogP contribution is -2.55. The summed E-state index contributed by atoms with van der Waals surface area (Å²) in [4.78, 5) is 27.1. The van der Waals surface area contributed by atoms with Crippen molar-refractivity contribution in [3.05, 3.63) is 0 Å². The zero-order valence-electron chi connectivity index (χ0n) is 11.9. The summed E-state index contributed by atoms with van der Waals surface area (Å²) in [6.45, 7) is 6.31. The Kier molecular flexibility index (Phi) is 4.73. The van der Waals surface area contributed by atoms with Gasteiger partial charge in [-0.1, -0.05) is 6.92 Å². The summed E-state index contributed by atoms with van der Waals surface area (Å²) in [6, 6.07) is -0.0135. The minimum atomic E-state index is -0.801. The topological polar surface area (TPSA) is 60.9 Å². The van der Waals surface area contributed by atoms with Crippen molar-refractivity contribution in [2.24, 2.45) is 11.8 Å². The first kappa shape index (κ1) is 15.0. The number of carbonyl (C=O) groups excluding carboxylic acids is 1. The first-order valence-electron chi connectivity index (χ1n) is 6.44. The summed E-state index contributed by atoms with van der Waals surface area (Å²) in [7, 11) is 3.92. The Morgan fingerprint density at radius 1 is 1.50 bits per heavy atom. The number of likely N-dealkylation sites (tertiary alicyclic amines) is 1. The zero-order chi connectivity index (χ0) is 14.0. The quantitative estimate of drug-likeness (QED) is 0.811. The Morgan fingerprint density at radius 3 is 2.50 bits per heavy atom. The van der Waals surface area contributed by atoms with Crippen LogP contribution in [-0.4, -0.2) is 59.5 Å². The highest BCUT2D eigenvalue weighted by Gasteiger charge is 2.41. The van der Waals surface area contributed by atoms with Gasteiger partial charge in [-0.05, 0) is 33.9 Å². The van der Waals surface area contributed by atoms with Crippen molar-refractivity contribution in [3.8, 4) is 0 Å². The van der Waals surface area contributed by atoms with Crippen molar-refractivity contribution in [3.63, 3.8) is 0 Å². The number of hydrogen-bond acceptors (Lipinski definition) is 3. The van der Waals surface area contributed by atoms with Crippen LogP contribution >= 0.6 is 0 Å². The Morgan fingerprint density at radius 2 is 2.06 bits per heavy atom. The highest BCUT2D eigenvalue weighted by Crippen LogP contribution is 2.30. The third-order valence-corrected chi connectivity index (χ3v) is 4.07. The summed E-state index contributed by atoms with van der Waals surface area (Å²) in [5, 5.41) is 9.28. The molecule has 1 aliphatic rings. The highest BCUT2D eigenvalue weighted by molar-refractivity contribution is 5.81. The van der Waals surface area contributed by atoms with Crippen LogP contribution < -0.4 is 0 Å². The average Bonchev–Trinajstić information content (AvgIpc) is 2.22. The molecule has 1 saturated heterocycles. The molecule has 104 valence electrons. The summed E-state index contributed by atoms with van der Waals surface area (Å²) >= 11 is 0. The lowest BCUT2D eigenvalue weighted by Gasteiger charge is -2.42. The predicted molar refractivity (Wildman–Crippen MR) is 69.2 cm³/mol. The molecule has 1 amide bonds. The maximum Gasteiger partial charge on any atom is 0.308 e. The van der Waals surface area contributed by atoms with Gasteiger partial charge in [-0.15, -0.1) is 0 Å². The maximum absolute atomic E-state index is 12.1. The van der Waals surface area contributed by atoms with Gasteiger partial charge in [0.2, 0.25) is 5.91 Å². The molecule has 0 bridgehead atoms. The van der Waals surface area contributed by atoms with Crippen molar-refractivity contribution >= 4 is 11.9 Å². The van der Waals surface area contributed by atoms with Gasteiger partial charge in [0.1, 0.15) is 0 Å². The second-order valence-corrected chi connectivity index (χ2v) is 5.64. The van der Waals surface area contributed by atoms with Crippen molar-refractivity contribution in [1.29, 1.82) is 0 Å². The van der Waals surface area contributed by atoms with E-state index in [4.69, 9.17) is 0 Å². The molecule has 1 rings (SSSR count). The zero-order valence-corrected chi connectivity index (χ0v) is 11.9. The van der Waals surface area contributed by atoms with E-state index >= 15 is 0 Å². The number of likely N-dealkylation sites (N-methyl/N-ethyl adjacent to an activating group) is 1. The summed E-state index contributed by atoms with van der Waals surface area (Å²) in [6.07, 6.45) is 0.335. The molecule has 0 aromatic heterocycles. The Labute approximate surface area is 109 Å². The third-order valence-electron chi connectivity index (χ3n) is 4.07. The van der Waals surface area contributed by atoms with Gasteiger partial charge in [0.05, 0.1) is 5.92 Å². The van der Waals surface area contributed by atoms with Gasteiger partial charge in [-0.25, -0.2) is 0 Å². The van der Waals surface area contributed by atoms with E-state index in [1.807, 2.05) is 39.8 Å². The molecule has 0 aliphatic carbocycles. The number of carboxylic acid groups (broad SMARTS) is 1. The second kappa shape index (κ2) is 5.69. The van der Waals surface area contributed by atoms with E-state index in [9.17, 15) is 14.7 Å². The van der Waals surface area contributed by atoms with Gasteiger partial charge in [0.15, 0.2) is 0 Å². The molecule has 0 spiro atoms. The van der Waals surface area contributed by atoms with Crippen LogP contribution in [0.2, 0.25) is 0 Å². The molecular formula is C13H24N2O3. The van der Waals surface area contributed by atoms with Gasteiger partial charge < -0.3 is 14.9 Å². The standard InChI is InChI=1S/C13H24N2O3/c1-8-6-11(16)15(7-9(2)14(4)5)10(3)12(8)13(17)18/h8-10,12H,6-7H2,1-5H3,(H,17,18). The fourth-order valence-electron chi connectivity index (χ4n) is 2.58. The Balaban J connectivity index is 2.83. The van der Waals surface area contributed by atoms with E-state index in [0.29, 0.717) is 13.0 Å².